The molecule has 0 saturated heterocycles. The van der Waals surface area contributed by atoms with E-state index < -0.39 is 6.03 Å². The molecule has 1 aliphatic rings. The predicted octanol–water partition coefficient (Wildman–Crippen LogP) is 2.92. The molecule has 2 aromatic heterocycles. The number of thiophene rings is 1. The van der Waals surface area contributed by atoms with Crippen molar-refractivity contribution in [1.29, 1.82) is 0 Å². The summed E-state index contributed by atoms with van der Waals surface area (Å²) in [5, 5.41) is 16.3. The molecule has 0 bridgehead atoms. The van der Waals surface area contributed by atoms with Gasteiger partial charge in [-0.25, -0.2) is 4.79 Å². The summed E-state index contributed by atoms with van der Waals surface area (Å²) in [5.41, 5.74) is 0. The normalized spacial score (nSPS) is 13.9. The maximum absolute atomic E-state index is 12.0. The zero-order chi connectivity index (χ0) is 17.8. The summed E-state index contributed by atoms with van der Waals surface area (Å²) in [6.45, 7) is 4.52. The Labute approximate surface area is 154 Å². The lowest BCUT2D eigenvalue weighted by Crippen LogP contribution is -2.41. The van der Waals surface area contributed by atoms with Crippen LogP contribution in [-0.4, -0.2) is 39.0 Å². The number of hydrogen-bond acceptors (Lipinski definition) is 6. The lowest BCUT2D eigenvalue weighted by Gasteiger charge is -2.09. The van der Waals surface area contributed by atoms with Crippen molar-refractivity contribution in [3.05, 3.63) is 17.5 Å². The first-order chi connectivity index (χ1) is 12.0. The highest BCUT2D eigenvalue weighted by atomic mass is 32.2. The maximum Gasteiger partial charge on any atom is 0.321 e. The van der Waals surface area contributed by atoms with E-state index in [-0.39, 0.29) is 11.7 Å². The van der Waals surface area contributed by atoms with E-state index in [1.165, 1.54) is 11.8 Å². The number of amides is 3. The molecule has 0 aromatic carbocycles. The fourth-order valence-corrected chi connectivity index (χ4v) is 3.76. The molecular formula is C16H21N5O2S2. The first-order valence-corrected chi connectivity index (χ1v) is 10.1. The molecule has 2 heterocycles. The molecule has 3 amide bonds. The average molecular weight is 380 g/mol. The predicted molar refractivity (Wildman–Crippen MR) is 98.7 cm³/mol. The Kier molecular flexibility index (Phi) is 5.74. The Hall–Kier alpha value is -1.87. The molecule has 0 radical (unpaired) electrons. The molecule has 0 spiro atoms. The highest BCUT2D eigenvalue weighted by Gasteiger charge is 2.30. The Morgan fingerprint density at radius 2 is 2.20 bits per heavy atom. The van der Waals surface area contributed by atoms with Crippen molar-refractivity contribution in [2.75, 3.05) is 12.3 Å². The Bertz CT molecular complexity index is 738. The molecule has 1 fully saturated rings. The molecule has 0 aliphatic heterocycles. The van der Waals surface area contributed by atoms with Gasteiger partial charge in [-0.1, -0.05) is 31.7 Å². The third-order valence-electron chi connectivity index (χ3n) is 3.57. The van der Waals surface area contributed by atoms with Gasteiger partial charge in [0.2, 0.25) is 5.91 Å². The van der Waals surface area contributed by atoms with E-state index in [4.69, 9.17) is 0 Å². The van der Waals surface area contributed by atoms with Crippen LogP contribution in [0.5, 0.6) is 0 Å². The summed E-state index contributed by atoms with van der Waals surface area (Å²) >= 11 is 2.93. The van der Waals surface area contributed by atoms with Gasteiger partial charge in [0.25, 0.3) is 0 Å². The zero-order valence-corrected chi connectivity index (χ0v) is 15.8. The van der Waals surface area contributed by atoms with Gasteiger partial charge in [-0.3, -0.25) is 14.7 Å². The van der Waals surface area contributed by atoms with Gasteiger partial charge < -0.3 is 5.32 Å². The molecule has 3 rings (SSSR count). The number of rotatable bonds is 7. The van der Waals surface area contributed by atoms with Crippen LogP contribution in [0.2, 0.25) is 0 Å². The molecule has 0 atom stereocenters. The fourth-order valence-electron chi connectivity index (χ4n) is 2.24. The minimum absolute atomic E-state index is 0.129. The largest absolute Gasteiger partial charge is 0.338 e. The van der Waals surface area contributed by atoms with Crippen molar-refractivity contribution in [3.8, 4) is 10.7 Å². The average Bonchev–Trinajstić information content (AvgIpc) is 3.10. The van der Waals surface area contributed by atoms with Crippen molar-refractivity contribution in [2.45, 2.75) is 37.9 Å². The number of nitrogens with one attached hydrogen (secondary N) is 2. The first kappa shape index (κ1) is 17.9. The van der Waals surface area contributed by atoms with E-state index in [9.17, 15) is 9.59 Å². The van der Waals surface area contributed by atoms with Crippen LogP contribution in [0.1, 0.15) is 32.7 Å². The summed E-state index contributed by atoms with van der Waals surface area (Å²) in [5.74, 6) is 0.983. The second kappa shape index (κ2) is 8.01. The second-order valence-electron chi connectivity index (χ2n) is 6.33. The van der Waals surface area contributed by atoms with Gasteiger partial charge in [-0.15, -0.1) is 21.5 Å². The van der Waals surface area contributed by atoms with Crippen molar-refractivity contribution in [2.24, 2.45) is 5.92 Å². The van der Waals surface area contributed by atoms with Gasteiger partial charge in [0.1, 0.15) is 0 Å². The lowest BCUT2D eigenvalue weighted by atomic mass is 10.2. The quantitative estimate of drug-likeness (QED) is 0.722. The third-order valence-corrected chi connectivity index (χ3v) is 5.38. The molecule has 9 heteroatoms. The van der Waals surface area contributed by atoms with E-state index in [0.29, 0.717) is 18.5 Å². The second-order valence-corrected chi connectivity index (χ2v) is 8.22. The first-order valence-electron chi connectivity index (χ1n) is 8.24. The molecule has 2 aromatic rings. The van der Waals surface area contributed by atoms with Crippen molar-refractivity contribution in [3.63, 3.8) is 0 Å². The van der Waals surface area contributed by atoms with Crippen molar-refractivity contribution in [1.82, 2.24) is 25.4 Å². The topological polar surface area (TPSA) is 88.9 Å². The van der Waals surface area contributed by atoms with Gasteiger partial charge in [-0.05, 0) is 30.2 Å². The number of aromatic nitrogens is 3. The molecule has 2 N–H and O–H groups in total. The number of imide groups is 1. The minimum Gasteiger partial charge on any atom is -0.338 e. The standard InChI is InChI=1S/C16H21N5O2S2/c1-10(2)8-17-15(23)18-13(22)9-25-16-20-19-14(12-4-3-7-24-12)21(16)11-5-6-11/h3-4,7,10-11H,5-6,8-9H2,1-2H3,(H2,17,18,22,23). The number of hydrogen-bond donors (Lipinski definition) is 2. The van der Waals surface area contributed by atoms with Crippen LogP contribution in [0.15, 0.2) is 22.7 Å². The molecule has 25 heavy (non-hydrogen) atoms. The van der Waals surface area contributed by atoms with Gasteiger partial charge in [0, 0.05) is 12.6 Å². The molecule has 0 unspecified atom stereocenters. The van der Waals surface area contributed by atoms with Crippen LogP contribution in [0.4, 0.5) is 4.79 Å². The van der Waals surface area contributed by atoms with E-state index in [0.717, 1.165) is 28.7 Å². The summed E-state index contributed by atoms with van der Waals surface area (Å²) in [4.78, 5) is 24.7. The molecule has 7 nitrogen and oxygen atoms in total. The van der Waals surface area contributed by atoms with Crippen LogP contribution < -0.4 is 10.6 Å². The Morgan fingerprint density at radius 1 is 1.40 bits per heavy atom. The number of carbonyl (C=O) groups excluding carboxylic acids is 2. The number of urea groups is 1. The molecule has 1 saturated carbocycles. The summed E-state index contributed by atoms with van der Waals surface area (Å²) in [7, 11) is 0. The number of thioether (sulfide) groups is 1. The fraction of sp³-hybridized carbons (Fsp3) is 0.500. The van der Waals surface area contributed by atoms with Crippen molar-refractivity contribution < 1.29 is 9.59 Å². The minimum atomic E-state index is -0.456. The maximum atomic E-state index is 12.0. The van der Waals surface area contributed by atoms with E-state index in [1.807, 2.05) is 31.4 Å². The Morgan fingerprint density at radius 3 is 2.84 bits per heavy atom. The summed E-state index contributed by atoms with van der Waals surface area (Å²) in [6.07, 6.45) is 2.21. The molecular weight excluding hydrogens is 358 g/mol. The smallest absolute Gasteiger partial charge is 0.321 e. The van der Waals surface area contributed by atoms with E-state index >= 15 is 0 Å². The van der Waals surface area contributed by atoms with Crippen LogP contribution in [0, 0.1) is 5.92 Å². The van der Waals surface area contributed by atoms with Gasteiger partial charge >= 0.3 is 6.03 Å². The number of carbonyl (C=O) groups is 2. The van der Waals surface area contributed by atoms with E-state index in [1.54, 1.807) is 11.3 Å². The zero-order valence-electron chi connectivity index (χ0n) is 14.2. The van der Waals surface area contributed by atoms with Crippen LogP contribution in [0.25, 0.3) is 10.7 Å². The monoisotopic (exact) mass is 379 g/mol. The number of nitrogens with zero attached hydrogens (tertiary/aromatic N) is 3. The highest BCUT2D eigenvalue weighted by Crippen LogP contribution is 2.41. The lowest BCUT2D eigenvalue weighted by molar-refractivity contribution is -0.117. The van der Waals surface area contributed by atoms with Gasteiger partial charge in [0.15, 0.2) is 11.0 Å². The van der Waals surface area contributed by atoms with Gasteiger partial charge in [0.05, 0.1) is 10.6 Å². The van der Waals surface area contributed by atoms with Crippen molar-refractivity contribution >= 4 is 35.0 Å². The summed E-state index contributed by atoms with van der Waals surface area (Å²) < 4.78 is 2.11. The van der Waals surface area contributed by atoms with E-state index in [2.05, 4.69) is 25.4 Å². The van der Waals surface area contributed by atoms with Crippen LogP contribution in [-0.2, 0) is 4.79 Å². The molecule has 1 aliphatic carbocycles. The molecule has 134 valence electrons. The third kappa shape index (κ3) is 4.82. The summed E-state index contributed by atoms with van der Waals surface area (Å²) in [6, 6.07) is 3.96. The Balaban J connectivity index is 1.58. The highest BCUT2D eigenvalue weighted by molar-refractivity contribution is 7.99. The SMILES string of the molecule is CC(C)CNC(=O)NC(=O)CSc1nnc(-c2cccs2)n1C1CC1. The van der Waals surface area contributed by atoms with Gasteiger partial charge in [-0.2, -0.15) is 0 Å². The van der Waals surface area contributed by atoms with Crippen LogP contribution >= 0.6 is 23.1 Å². The van der Waals surface area contributed by atoms with Crippen LogP contribution in [0.3, 0.4) is 0 Å².